The van der Waals surface area contributed by atoms with E-state index in [9.17, 15) is 4.79 Å². The van der Waals surface area contributed by atoms with Gasteiger partial charge in [0, 0.05) is 38.2 Å². The number of anilines is 1. The predicted molar refractivity (Wildman–Crippen MR) is 85.3 cm³/mol. The summed E-state index contributed by atoms with van der Waals surface area (Å²) in [5.74, 6) is 1.06. The van der Waals surface area contributed by atoms with Crippen LogP contribution in [0.3, 0.4) is 0 Å². The fraction of sp³-hybridized carbons (Fsp3) is 0.412. The number of hydrogen-bond donors (Lipinski definition) is 1. The maximum absolute atomic E-state index is 12.0. The molecule has 1 heterocycles. The summed E-state index contributed by atoms with van der Waals surface area (Å²) >= 11 is 0. The Morgan fingerprint density at radius 3 is 2.68 bits per heavy atom. The molecule has 116 valence electrons. The van der Waals surface area contributed by atoms with Gasteiger partial charge in [0.1, 0.15) is 0 Å². The number of fused-ring (bicyclic) bond motifs is 1. The number of benzene rings is 1. The number of nitrogens with zero attached hydrogens (tertiary/aromatic N) is 2. The summed E-state index contributed by atoms with van der Waals surface area (Å²) in [6, 6.07) is 7.89. The minimum Gasteiger partial charge on any atom is -0.357 e. The predicted octanol–water partition coefficient (Wildman–Crippen LogP) is 2.89. The van der Waals surface area contributed by atoms with Crippen LogP contribution in [0.2, 0.25) is 0 Å². The smallest absolute Gasteiger partial charge is 0.253 e. The second kappa shape index (κ2) is 5.83. The molecule has 1 atom stereocenters. The van der Waals surface area contributed by atoms with Crippen molar-refractivity contribution in [2.24, 2.45) is 0 Å². The Morgan fingerprint density at radius 1 is 1.32 bits per heavy atom. The normalized spacial score (nSPS) is 17.0. The summed E-state index contributed by atoms with van der Waals surface area (Å²) in [5, 5.41) is 7.26. The van der Waals surface area contributed by atoms with Gasteiger partial charge in [0.2, 0.25) is 5.88 Å². The van der Waals surface area contributed by atoms with Crippen LogP contribution in [0.5, 0.6) is 0 Å². The first-order valence-electron chi connectivity index (χ1n) is 7.59. The van der Waals surface area contributed by atoms with E-state index in [4.69, 9.17) is 4.52 Å². The summed E-state index contributed by atoms with van der Waals surface area (Å²) in [4.78, 5) is 13.6. The maximum Gasteiger partial charge on any atom is 0.253 e. The van der Waals surface area contributed by atoms with E-state index in [1.54, 1.807) is 19.0 Å². The zero-order valence-electron chi connectivity index (χ0n) is 13.2. The molecule has 1 aromatic heterocycles. The Bertz CT molecular complexity index is 660. The van der Waals surface area contributed by atoms with Crippen LogP contribution >= 0.6 is 0 Å². The Labute approximate surface area is 130 Å². The molecule has 1 aliphatic carbocycles. The highest BCUT2D eigenvalue weighted by Crippen LogP contribution is 2.40. The lowest BCUT2D eigenvalue weighted by Gasteiger charge is -2.22. The average molecular weight is 299 g/mol. The van der Waals surface area contributed by atoms with Gasteiger partial charge in [-0.25, -0.2) is 0 Å². The summed E-state index contributed by atoms with van der Waals surface area (Å²) in [6.45, 7) is 0. The highest BCUT2D eigenvalue weighted by Gasteiger charge is 2.29. The van der Waals surface area contributed by atoms with E-state index in [0.717, 1.165) is 30.8 Å². The van der Waals surface area contributed by atoms with Gasteiger partial charge >= 0.3 is 0 Å². The molecule has 1 aliphatic rings. The molecule has 1 amide bonds. The van der Waals surface area contributed by atoms with Gasteiger partial charge in [-0.3, -0.25) is 4.79 Å². The largest absolute Gasteiger partial charge is 0.357 e. The van der Waals surface area contributed by atoms with Crippen LogP contribution < -0.4 is 5.32 Å². The molecule has 0 radical (unpaired) electrons. The number of rotatable bonds is 3. The van der Waals surface area contributed by atoms with Crippen molar-refractivity contribution in [3.8, 4) is 0 Å². The third-order valence-electron chi connectivity index (χ3n) is 4.25. The van der Waals surface area contributed by atoms with Crippen molar-refractivity contribution in [1.29, 1.82) is 0 Å². The van der Waals surface area contributed by atoms with Crippen molar-refractivity contribution >= 4 is 11.8 Å². The first-order chi connectivity index (χ1) is 10.6. The van der Waals surface area contributed by atoms with Crippen LogP contribution in [-0.2, 0) is 6.42 Å². The van der Waals surface area contributed by atoms with Gasteiger partial charge in [0.15, 0.2) is 0 Å². The first-order valence-corrected chi connectivity index (χ1v) is 7.59. The molecule has 22 heavy (non-hydrogen) atoms. The summed E-state index contributed by atoms with van der Waals surface area (Å²) in [6.07, 6.45) is 3.14. The number of amides is 1. The molecule has 0 saturated heterocycles. The van der Waals surface area contributed by atoms with Gasteiger partial charge in [0.25, 0.3) is 5.91 Å². The van der Waals surface area contributed by atoms with E-state index in [0.29, 0.717) is 5.56 Å². The molecule has 0 spiro atoms. The molecule has 0 saturated carbocycles. The van der Waals surface area contributed by atoms with E-state index in [2.05, 4.69) is 10.5 Å². The fourth-order valence-corrected chi connectivity index (χ4v) is 3.12. The number of aromatic nitrogens is 1. The molecule has 2 aromatic rings. The molecular weight excluding hydrogens is 278 g/mol. The third kappa shape index (κ3) is 2.47. The van der Waals surface area contributed by atoms with Crippen LogP contribution in [0.25, 0.3) is 0 Å². The van der Waals surface area contributed by atoms with Gasteiger partial charge in [-0.2, -0.15) is 0 Å². The molecule has 1 unspecified atom stereocenters. The molecule has 0 aliphatic heterocycles. The second-order valence-corrected chi connectivity index (χ2v) is 5.89. The van der Waals surface area contributed by atoms with Gasteiger partial charge in [0.05, 0.1) is 5.69 Å². The van der Waals surface area contributed by atoms with Crippen molar-refractivity contribution in [3.05, 3.63) is 46.6 Å². The number of hydrogen-bond acceptors (Lipinski definition) is 4. The lowest BCUT2D eigenvalue weighted by Crippen LogP contribution is -2.21. The van der Waals surface area contributed by atoms with Gasteiger partial charge in [-0.15, -0.1) is 0 Å². The van der Waals surface area contributed by atoms with E-state index in [-0.39, 0.29) is 11.8 Å². The van der Waals surface area contributed by atoms with Crippen LogP contribution in [-0.4, -0.2) is 37.1 Å². The molecule has 5 heteroatoms. The van der Waals surface area contributed by atoms with E-state index < -0.39 is 0 Å². The van der Waals surface area contributed by atoms with Crippen molar-refractivity contribution in [2.75, 3.05) is 26.5 Å². The Kier molecular flexibility index (Phi) is 3.88. The quantitative estimate of drug-likeness (QED) is 0.946. The highest BCUT2D eigenvalue weighted by molar-refractivity contribution is 5.93. The Hall–Kier alpha value is -2.30. The molecule has 0 fully saturated rings. The number of nitrogens with one attached hydrogen (secondary N) is 1. The molecule has 0 bridgehead atoms. The van der Waals surface area contributed by atoms with Crippen molar-refractivity contribution in [1.82, 2.24) is 10.1 Å². The number of carbonyl (C=O) groups is 1. The summed E-state index contributed by atoms with van der Waals surface area (Å²) in [7, 11) is 5.38. The zero-order chi connectivity index (χ0) is 15.7. The van der Waals surface area contributed by atoms with Crippen LogP contribution in [0.15, 0.2) is 28.8 Å². The van der Waals surface area contributed by atoms with Crippen LogP contribution in [0, 0.1) is 0 Å². The average Bonchev–Trinajstić information content (AvgIpc) is 2.97. The van der Waals surface area contributed by atoms with Crippen molar-refractivity contribution < 1.29 is 9.32 Å². The second-order valence-electron chi connectivity index (χ2n) is 5.89. The Morgan fingerprint density at radius 2 is 2.05 bits per heavy atom. The van der Waals surface area contributed by atoms with Crippen LogP contribution in [0.4, 0.5) is 5.88 Å². The molecule has 3 rings (SSSR count). The zero-order valence-corrected chi connectivity index (χ0v) is 13.2. The number of aryl methyl sites for hydroxylation is 1. The van der Waals surface area contributed by atoms with Crippen LogP contribution in [0.1, 0.15) is 45.9 Å². The van der Waals surface area contributed by atoms with Gasteiger partial charge < -0.3 is 14.7 Å². The minimum absolute atomic E-state index is 0.0248. The van der Waals surface area contributed by atoms with E-state index in [1.807, 2.05) is 31.3 Å². The molecular formula is C17H21N3O2. The van der Waals surface area contributed by atoms with Gasteiger partial charge in [-0.1, -0.05) is 17.3 Å². The summed E-state index contributed by atoms with van der Waals surface area (Å²) < 4.78 is 5.39. The van der Waals surface area contributed by atoms with Crippen molar-refractivity contribution in [3.63, 3.8) is 0 Å². The molecule has 1 N–H and O–H groups in total. The lowest BCUT2D eigenvalue weighted by atomic mass is 9.81. The highest BCUT2D eigenvalue weighted by atomic mass is 16.5. The van der Waals surface area contributed by atoms with Crippen molar-refractivity contribution in [2.45, 2.75) is 25.2 Å². The number of carbonyl (C=O) groups excluding carboxylic acids is 1. The SMILES string of the molecule is CNc1onc2c1C(c1ccc(C(=O)N(C)C)cc1)CCC2. The van der Waals surface area contributed by atoms with E-state index in [1.165, 1.54) is 11.1 Å². The fourth-order valence-electron chi connectivity index (χ4n) is 3.12. The van der Waals surface area contributed by atoms with E-state index >= 15 is 0 Å². The topological polar surface area (TPSA) is 58.4 Å². The Balaban J connectivity index is 1.93. The molecule has 5 nitrogen and oxygen atoms in total. The first kappa shape index (κ1) is 14.6. The van der Waals surface area contributed by atoms with Gasteiger partial charge in [-0.05, 0) is 37.0 Å². The minimum atomic E-state index is 0.0248. The monoisotopic (exact) mass is 299 g/mol. The standard InChI is InChI=1S/C17H21N3O2/c1-18-16-15-13(5-4-6-14(15)19-22-16)11-7-9-12(10-8-11)17(21)20(2)3/h7-10,13,18H,4-6H2,1-3H3. The lowest BCUT2D eigenvalue weighted by molar-refractivity contribution is 0.0827. The third-order valence-corrected chi connectivity index (χ3v) is 4.25. The summed E-state index contributed by atoms with van der Waals surface area (Å²) in [5.41, 5.74) is 4.13. The molecule has 1 aromatic carbocycles. The maximum atomic E-state index is 12.0.